The third-order valence-corrected chi connectivity index (χ3v) is 7.23. The van der Waals surface area contributed by atoms with E-state index in [0.717, 1.165) is 11.3 Å². The second-order valence-corrected chi connectivity index (χ2v) is 10.8. The third-order valence-electron chi connectivity index (χ3n) is 6.01. The SMILES string of the molecule is CCOC(=O)C1=C(C)N=c2sc(=Cc3cc(Cl)ccc3OCC(N)=O)c(=O)n2C1c1ccc(OC(C)C)c(OC)c1. The molecule has 0 saturated heterocycles. The smallest absolute Gasteiger partial charge is 0.338 e. The number of allylic oxidation sites excluding steroid dienone is 1. The van der Waals surface area contributed by atoms with Gasteiger partial charge in [0.1, 0.15) is 5.75 Å². The van der Waals surface area contributed by atoms with Crippen molar-refractivity contribution in [2.45, 2.75) is 39.8 Å². The van der Waals surface area contributed by atoms with Crippen molar-refractivity contribution in [1.29, 1.82) is 0 Å². The van der Waals surface area contributed by atoms with E-state index in [4.69, 9.17) is 36.3 Å². The summed E-state index contributed by atoms with van der Waals surface area (Å²) in [6.45, 7) is 7.03. The number of primary amides is 1. The highest BCUT2D eigenvalue weighted by molar-refractivity contribution is 7.07. The van der Waals surface area contributed by atoms with Crippen LogP contribution in [0.3, 0.4) is 0 Å². The molecule has 1 aliphatic rings. The van der Waals surface area contributed by atoms with Crippen molar-refractivity contribution in [1.82, 2.24) is 4.57 Å². The molecule has 1 aromatic heterocycles. The van der Waals surface area contributed by atoms with E-state index in [-0.39, 0.29) is 24.9 Å². The largest absolute Gasteiger partial charge is 0.493 e. The normalized spacial score (nSPS) is 14.9. The molecule has 0 bridgehead atoms. The number of methoxy groups -OCH3 is 1. The first kappa shape index (κ1) is 29.9. The Balaban J connectivity index is 1.93. The van der Waals surface area contributed by atoms with Crippen LogP contribution in [-0.2, 0) is 14.3 Å². The van der Waals surface area contributed by atoms with E-state index in [1.807, 2.05) is 13.8 Å². The van der Waals surface area contributed by atoms with Gasteiger partial charge in [-0.2, -0.15) is 0 Å². The van der Waals surface area contributed by atoms with Gasteiger partial charge in [-0.15, -0.1) is 0 Å². The summed E-state index contributed by atoms with van der Waals surface area (Å²) in [6.07, 6.45) is 1.51. The lowest BCUT2D eigenvalue weighted by molar-refractivity contribution is -0.139. The molecule has 2 N–H and O–H groups in total. The van der Waals surface area contributed by atoms with Crippen LogP contribution < -0.4 is 34.8 Å². The van der Waals surface area contributed by atoms with Crippen LogP contribution in [0, 0.1) is 0 Å². The second-order valence-electron chi connectivity index (χ2n) is 9.32. The summed E-state index contributed by atoms with van der Waals surface area (Å²) in [5.41, 5.74) is 6.58. The summed E-state index contributed by atoms with van der Waals surface area (Å²) < 4.78 is 24.1. The highest BCUT2D eigenvalue weighted by Gasteiger charge is 2.34. The van der Waals surface area contributed by atoms with Crippen molar-refractivity contribution < 1.29 is 28.5 Å². The molecule has 4 rings (SSSR count). The Morgan fingerprint density at radius 1 is 1.17 bits per heavy atom. The van der Waals surface area contributed by atoms with Gasteiger partial charge >= 0.3 is 5.97 Å². The third kappa shape index (κ3) is 6.47. The van der Waals surface area contributed by atoms with Gasteiger partial charge in [0.15, 0.2) is 22.9 Å². The molecule has 0 spiro atoms. The summed E-state index contributed by atoms with van der Waals surface area (Å²) in [5.74, 6) is 0.0799. The zero-order valence-electron chi connectivity index (χ0n) is 23.2. The maximum Gasteiger partial charge on any atom is 0.338 e. The van der Waals surface area contributed by atoms with Crippen molar-refractivity contribution >= 4 is 40.9 Å². The Morgan fingerprint density at radius 2 is 1.90 bits per heavy atom. The van der Waals surface area contributed by atoms with Gasteiger partial charge in [0.2, 0.25) is 0 Å². The maximum absolute atomic E-state index is 14.0. The highest BCUT2D eigenvalue weighted by Crippen LogP contribution is 2.36. The fourth-order valence-electron chi connectivity index (χ4n) is 4.37. The Labute approximate surface area is 245 Å². The minimum Gasteiger partial charge on any atom is -0.493 e. The van der Waals surface area contributed by atoms with Gasteiger partial charge in [0.25, 0.3) is 11.5 Å². The molecule has 1 aliphatic heterocycles. The van der Waals surface area contributed by atoms with E-state index < -0.39 is 23.5 Å². The molecule has 0 aliphatic carbocycles. The molecule has 1 atom stereocenters. The lowest BCUT2D eigenvalue weighted by Gasteiger charge is -2.25. The van der Waals surface area contributed by atoms with Crippen LogP contribution in [0.4, 0.5) is 0 Å². The predicted octanol–water partition coefficient (Wildman–Crippen LogP) is 3.11. The molecule has 41 heavy (non-hydrogen) atoms. The molecule has 3 aromatic rings. The van der Waals surface area contributed by atoms with E-state index in [0.29, 0.717) is 48.4 Å². The summed E-state index contributed by atoms with van der Waals surface area (Å²) in [7, 11) is 1.52. The standard InChI is InChI=1S/C29H30ClN3O7S/c1-6-38-28(36)25-16(4)32-29-33(26(25)17-7-9-21(40-15(2)3)22(12-17)37-5)27(35)23(41-29)13-18-11-19(30)8-10-20(18)39-14-24(31)34/h7-13,15,26H,6,14H2,1-5H3,(H2,31,34). The Bertz CT molecular complexity index is 1710. The van der Waals surface area contributed by atoms with Crippen molar-refractivity contribution in [3.63, 3.8) is 0 Å². The molecular formula is C29H30ClN3O7S. The number of fused-ring (bicyclic) bond motifs is 1. The van der Waals surface area contributed by atoms with Crippen LogP contribution in [-0.4, -0.2) is 42.9 Å². The van der Waals surface area contributed by atoms with Crippen LogP contribution in [0.15, 0.2) is 57.5 Å². The predicted molar refractivity (Wildman–Crippen MR) is 155 cm³/mol. The molecule has 10 nitrogen and oxygen atoms in total. The molecule has 216 valence electrons. The van der Waals surface area contributed by atoms with Gasteiger partial charge in [0, 0.05) is 10.6 Å². The quantitative estimate of drug-likeness (QED) is 0.354. The summed E-state index contributed by atoms with van der Waals surface area (Å²) in [6, 6.07) is 9.23. The molecule has 0 saturated carbocycles. The number of carbonyl (C=O) groups excluding carboxylic acids is 2. The topological polar surface area (TPSA) is 131 Å². The van der Waals surface area contributed by atoms with Crippen molar-refractivity contribution in [2.24, 2.45) is 10.7 Å². The van der Waals surface area contributed by atoms with Gasteiger partial charge in [-0.1, -0.05) is 29.0 Å². The molecule has 1 unspecified atom stereocenters. The molecular weight excluding hydrogens is 570 g/mol. The number of amides is 1. The number of nitrogens with two attached hydrogens (primary N) is 1. The van der Waals surface area contributed by atoms with Crippen LogP contribution >= 0.6 is 22.9 Å². The molecule has 1 amide bonds. The molecule has 12 heteroatoms. The average Bonchev–Trinajstić information content (AvgIpc) is 3.21. The van der Waals surface area contributed by atoms with Crippen LogP contribution in [0.1, 0.15) is 44.9 Å². The fourth-order valence-corrected chi connectivity index (χ4v) is 5.58. The van der Waals surface area contributed by atoms with E-state index in [1.165, 1.54) is 11.7 Å². The van der Waals surface area contributed by atoms with E-state index in [2.05, 4.69) is 4.99 Å². The number of esters is 1. The number of thiazole rings is 1. The number of halogens is 1. The van der Waals surface area contributed by atoms with Crippen LogP contribution in [0.25, 0.3) is 6.08 Å². The van der Waals surface area contributed by atoms with Crippen LogP contribution in [0.5, 0.6) is 17.2 Å². The minimum absolute atomic E-state index is 0.0898. The first-order valence-electron chi connectivity index (χ1n) is 12.8. The Morgan fingerprint density at radius 3 is 2.56 bits per heavy atom. The Kier molecular flexibility index (Phi) is 9.19. The zero-order valence-corrected chi connectivity index (χ0v) is 24.8. The highest BCUT2D eigenvalue weighted by atomic mass is 35.5. The number of aromatic nitrogens is 1. The van der Waals surface area contributed by atoms with Gasteiger partial charge in [-0.05, 0) is 69.7 Å². The summed E-state index contributed by atoms with van der Waals surface area (Å²) in [4.78, 5) is 43.4. The van der Waals surface area contributed by atoms with E-state index in [1.54, 1.807) is 56.3 Å². The summed E-state index contributed by atoms with van der Waals surface area (Å²) in [5, 5.41) is 0.407. The monoisotopic (exact) mass is 599 g/mol. The summed E-state index contributed by atoms with van der Waals surface area (Å²) >= 11 is 7.36. The number of hydrogen-bond acceptors (Lipinski definition) is 9. The Hall–Kier alpha value is -4.09. The fraction of sp³-hybridized carbons (Fsp3) is 0.310. The molecule has 0 fully saturated rings. The number of hydrogen-bond donors (Lipinski definition) is 1. The van der Waals surface area contributed by atoms with Gasteiger partial charge in [0.05, 0.1) is 41.7 Å². The van der Waals surface area contributed by atoms with Gasteiger partial charge in [-0.3, -0.25) is 14.2 Å². The van der Waals surface area contributed by atoms with Crippen LogP contribution in [0.2, 0.25) is 5.02 Å². The number of rotatable bonds is 10. The molecule has 2 heterocycles. The number of ether oxygens (including phenoxy) is 4. The van der Waals surface area contributed by atoms with E-state index >= 15 is 0 Å². The van der Waals surface area contributed by atoms with E-state index in [9.17, 15) is 14.4 Å². The van der Waals surface area contributed by atoms with Crippen molar-refractivity contribution in [3.05, 3.63) is 83.5 Å². The minimum atomic E-state index is -0.848. The van der Waals surface area contributed by atoms with Gasteiger partial charge in [-0.25, -0.2) is 9.79 Å². The first-order chi connectivity index (χ1) is 19.5. The number of nitrogens with zero attached hydrogens (tertiary/aromatic N) is 2. The number of carbonyl (C=O) groups is 2. The lowest BCUT2D eigenvalue weighted by Crippen LogP contribution is -2.40. The zero-order chi connectivity index (χ0) is 29.8. The second kappa shape index (κ2) is 12.6. The average molecular weight is 600 g/mol. The number of benzene rings is 2. The maximum atomic E-state index is 14.0. The molecule has 2 aromatic carbocycles. The van der Waals surface area contributed by atoms with Crippen molar-refractivity contribution in [2.75, 3.05) is 20.3 Å². The molecule has 0 radical (unpaired) electrons. The van der Waals surface area contributed by atoms with Crippen molar-refractivity contribution in [3.8, 4) is 17.2 Å². The first-order valence-corrected chi connectivity index (χ1v) is 14.0. The van der Waals surface area contributed by atoms with Gasteiger partial charge < -0.3 is 24.7 Å². The lowest BCUT2D eigenvalue weighted by atomic mass is 9.95.